The van der Waals surface area contributed by atoms with Gasteiger partial charge < -0.3 is 43.2 Å². The number of carboxylic acids is 1. The minimum Gasteiger partial charge on any atom is -0.480 e. The Hall–Kier alpha value is -4.46. The Bertz CT molecular complexity index is 1240. The number of hydrogen-bond acceptors (Lipinski definition) is 7. The summed E-state index contributed by atoms with van der Waals surface area (Å²) in [6.45, 7) is 3.46. The first-order valence-electron chi connectivity index (χ1n) is 12.8. The van der Waals surface area contributed by atoms with Gasteiger partial charge in [0.25, 0.3) is 0 Å². The molecule has 5 amide bonds. The van der Waals surface area contributed by atoms with E-state index in [1.165, 1.54) is 0 Å². The number of aliphatic carboxylic acids is 1. The number of nitrogens with one attached hydrogen (secondary N) is 4. The van der Waals surface area contributed by atoms with E-state index < -0.39 is 72.0 Å². The van der Waals surface area contributed by atoms with Crippen LogP contribution in [-0.4, -0.2) is 69.8 Å². The lowest BCUT2D eigenvalue weighted by Crippen LogP contribution is -2.59. The van der Waals surface area contributed by atoms with Crippen LogP contribution >= 0.6 is 0 Å². The third-order valence-electron chi connectivity index (χ3n) is 6.58. The lowest BCUT2D eigenvalue weighted by atomic mass is 9.97. The Labute approximate surface area is 230 Å². The zero-order chi connectivity index (χ0) is 30.0. The van der Waals surface area contributed by atoms with Crippen molar-refractivity contribution in [2.75, 3.05) is 0 Å². The van der Waals surface area contributed by atoms with Gasteiger partial charge in [0.05, 0.1) is 12.5 Å². The second-order valence-electron chi connectivity index (χ2n) is 9.68. The maximum absolute atomic E-state index is 13.2. The summed E-state index contributed by atoms with van der Waals surface area (Å²) in [4.78, 5) is 76.6. The summed E-state index contributed by atoms with van der Waals surface area (Å²) >= 11 is 0. The van der Waals surface area contributed by atoms with Gasteiger partial charge in [0.2, 0.25) is 29.5 Å². The molecule has 0 aliphatic rings. The highest BCUT2D eigenvalue weighted by Gasteiger charge is 2.33. The molecule has 0 radical (unpaired) electrons. The Morgan fingerprint density at radius 3 is 2.17 bits per heavy atom. The van der Waals surface area contributed by atoms with Crippen molar-refractivity contribution in [3.63, 3.8) is 0 Å². The number of aromatic nitrogens is 1. The number of benzene rings is 1. The van der Waals surface area contributed by atoms with E-state index >= 15 is 0 Å². The van der Waals surface area contributed by atoms with Crippen molar-refractivity contribution in [3.8, 4) is 0 Å². The fourth-order valence-electron chi connectivity index (χ4n) is 4.06. The van der Waals surface area contributed by atoms with Crippen LogP contribution in [0.4, 0.5) is 0 Å². The number of hydrogen-bond donors (Lipinski definition) is 8. The van der Waals surface area contributed by atoms with Gasteiger partial charge in [-0.25, -0.2) is 4.79 Å². The number of aromatic amines is 1. The molecule has 0 spiro atoms. The van der Waals surface area contributed by atoms with Crippen LogP contribution in [-0.2, 0) is 35.2 Å². The largest absolute Gasteiger partial charge is 0.480 e. The number of para-hydroxylation sites is 1. The number of rotatable bonds is 16. The molecule has 1 heterocycles. The molecule has 14 heteroatoms. The van der Waals surface area contributed by atoms with Gasteiger partial charge >= 0.3 is 5.97 Å². The monoisotopic (exact) mass is 559 g/mol. The van der Waals surface area contributed by atoms with Gasteiger partial charge in [0, 0.05) is 29.9 Å². The molecule has 0 aliphatic heterocycles. The van der Waals surface area contributed by atoms with E-state index in [-0.39, 0.29) is 19.3 Å². The minimum atomic E-state index is -1.51. The van der Waals surface area contributed by atoms with Crippen molar-refractivity contribution in [1.82, 2.24) is 20.9 Å². The van der Waals surface area contributed by atoms with Gasteiger partial charge in [-0.15, -0.1) is 0 Å². The third kappa shape index (κ3) is 9.08. The molecular weight excluding hydrogens is 522 g/mol. The SMILES string of the molecule is CCC(C)C(NC(=O)C(N)CCC(N)=O)C(=O)NC(CC(N)=O)C(=O)NC(Cc1c[nH]c2ccccc12)C(=O)O. The highest BCUT2D eigenvalue weighted by Crippen LogP contribution is 2.19. The maximum Gasteiger partial charge on any atom is 0.326 e. The van der Waals surface area contributed by atoms with E-state index in [2.05, 4.69) is 20.9 Å². The van der Waals surface area contributed by atoms with Crippen LogP contribution < -0.4 is 33.2 Å². The molecule has 2 aromatic rings. The van der Waals surface area contributed by atoms with Crippen molar-refractivity contribution >= 4 is 46.4 Å². The van der Waals surface area contributed by atoms with E-state index in [4.69, 9.17) is 17.2 Å². The minimum absolute atomic E-state index is 0.0320. The number of amides is 5. The van der Waals surface area contributed by atoms with E-state index in [1.807, 2.05) is 12.1 Å². The van der Waals surface area contributed by atoms with E-state index in [0.29, 0.717) is 12.0 Å². The van der Waals surface area contributed by atoms with Crippen LogP contribution in [0.2, 0.25) is 0 Å². The van der Waals surface area contributed by atoms with Crippen molar-refractivity contribution in [3.05, 3.63) is 36.0 Å². The molecule has 218 valence electrons. The highest BCUT2D eigenvalue weighted by atomic mass is 16.4. The summed E-state index contributed by atoms with van der Waals surface area (Å²) < 4.78 is 0. The number of nitrogens with two attached hydrogens (primary N) is 3. The van der Waals surface area contributed by atoms with Gasteiger partial charge in [-0.3, -0.25) is 24.0 Å². The fraction of sp³-hybridized carbons (Fsp3) is 0.462. The third-order valence-corrected chi connectivity index (χ3v) is 6.58. The molecular formula is C26H37N7O7. The summed E-state index contributed by atoms with van der Waals surface area (Å²) in [5, 5.41) is 17.9. The molecule has 5 unspecified atom stereocenters. The number of carbonyl (C=O) groups is 6. The van der Waals surface area contributed by atoms with Gasteiger partial charge in [0.1, 0.15) is 18.1 Å². The number of carboxylic acid groups (broad SMARTS) is 1. The molecule has 2 rings (SSSR count). The van der Waals surface area contributed by atoms with Crippen molar-refractivity contribution in [2.45, 2.75) is 70.1 Å². The molecule has 1 aromatic carbocycles. The Morgan fingerprint density at radius 1 is 0.925 bits per heavy atom. The molecule has 40 heavy (non-hydrogen) atoms. The van der Waals surface area contributed by atoms with Crippen LogP contribution in [0.3, 0.4) is 0 Å². The number of primary amides is 2. The molecule has 1 aromatic heterocycles. The normalized spacial score (nSPS) is 14.8. The van der Waals surface area contributed by atoms with Gasteiger partial charge in [-0.2, -0.15) is 0 Å². The maximum atomic E-state index is 13.2. The Morgan fingerprint density at radius 2 is 1.57 bits per heavy atom. The van der Waals surface area contributed by atoms with Crippen molar-refractivity contribution in [2.24, 2.45) is 23.1 Å². The molecule has 0 aliphatic carbocycles. The fourth-order valence-corrected chi connectivity index (χ4v) is 4.06. The summed E-state index contributed by atoms with van der Waals surface area (Å²) in [7, 11) is 0. The number of H-pyrrole nitrogens is 1. The second-order valence-corrected chi connectivity index (χ2v) is 9.68. The smallest absolute Gasteiger partial charge is 0.326 e. The molecule has 14 nitrogen and oxygen atoms in total. The van der Waals surface area contributed by atoms with E-state index in [1.54, 1.807) is 32.2 Å². The second kappa shape index (κ2) is 14.6. The summed E-state index contributed by atoms with van der Waals surface area (Å²) in [6.07, 6.45) is 1.25. The van der Waals surface area contributed by atoms with Crippen molar-refractivity contribution < 1.29 is 33.9 Å². The van der Waals surface area contributed by atoms with Crippen LogP contribution in [0.15, 0.2) is 30.5 Å². The van der Waals surface area contributed by atoms with Crippen molar-refractivity contribution in [1.29, 1.82) is 0 Å². The first kappa shape index (κ1) is 31.8. The van der Waals surface area contributed by atoms with E-state index in [9.17, 15) is 33.9 Å². The van der Waals surface area contributed by atoms with E-state index in [0.717, 1.165) is 10.9 Å². The zero-order valence-corrected chi connectivity index (χ0v) is 22.4. The average Bonchev–Trinajstić information content (AvgIpc) is 3.31. The highest BCUT2D eigenvalue weighted by molar-refractivity contribution is 5.96. The molecule has 0 saturated carbocycles. The Kier molecular flexibility index (Phi) is 11.6. The van der Waals surface area contributed by atoms with Gasteiger partial charge in [-0.05, 0) is 24.0 Å². The lowest BCUT2D eigenvalue weighted by Gasteiger charge is -2.27. The standard InChI is InChI=1S/C26H37N7O7/c1-3-13(2)22(33-23(36)16(27)8-9-20(28)34)25(38)31-18(11-21(29)35)24(37)32-19(26(39)40)10-14-12-30-17-7-5-4-6-15(14)17/h4-7,12-13,16,18-19,22,30H,3,8-11,27H2,1-2H3,(H2,28,34)(H2,29,35)(H,31,38)(H,32,37)(H,33,36)(H,39,40). The summed E-state index contributed by atoms with van der Waals surface area (Å²) in [6, 6.07) is 2.08. The molecule has 0 fully saturated rings. The number of fused-ring (bicyclic) bond motifs is 1. The predicted octanol–water partition coefficient (Wildman–Crippen LogP) is -1.24. The molecule has 0 bridgehead atoms. The lowest BCUT2D eigenvalue weighted by molar-refractivity contribution is -0.142. The first-order valence-corrected chi connectivity index (χ1v) is 12.8. The topological polar surface area (TPSA) is 253 Å². The zero-order valence-electron chi connectivity index (χ0n) is 22.4. The molecule has 0 saturated heterocycles. The van der Waals surface area contributed by atoms with Crippen LogP contribution in [0.5, 0.6) is 0 Å². The van der Waals surface area contributed by atoms with Crippen LogP contribution in [0.1, 0.15) is 45.1 Å². The number of carbonyl (C=O) groups excluding carboxylic acids is 5. The average molecular weight is 560 g/mol. The Balaban J connectivity index is 2.18. The predicted molar refractivity (Wildman–Crippen MR) is 145 cm³/mol. The summed E-state index contributed by atoms with van der Waals surface area (Å²) in [5.41, 5.74) is 17.6. The van der Waals surface area contributed by atoms with Crippen LogP contribution in [0, 0.1) is 5.92 Å². The van der Waals surface area contributed by atoms with Gasteiger partial charge in [-0.1, -0.05) is 38.5 Å². The quantitative estimate of drug-likeness (QED) is 0.123. The summed E-state index contributed by atoms with van der Waals surface area (Å²) in [5.74, 6) is -5.73. The van der Waals surface area contributed by atoms with Gasteiger partial charge in [0.15, 0.2) is 0 Å². The van der Waals surface area contributed by atoms with Crippen LogP contribution in [0.25, 0.3) is 10.9 Å². The molecule has 5 atom stereocenters. The first-order chi connectivity index (χ1) is 18.8. The molecule has 11 N–H and O–H groups in total.